The van der Waals surface area contributed by atoms with Crippen molar-refractivity contribution in [2.45, 2.75) is 4.21 Å². The van der Waals surface area contributed by atoms with Crippen molar-refractivity contribution in [1.29, 1.82) is 0 Å². The first kappa shape index (κ1) is 14.3. The Balaban J connectivity index is 2.44. The van der Waals surface area contributed by atoms with Crippen LogP contribution < -0.4 is 4.31 Å². The Labute approximate surface area is 120 Å². The van der Waals surface area contributed by atoms with Gasteiger partial charge in [-0.05, 0) is 24.3 Å². The molecule has 7 heteroatoms. The number of halogens is 1. The number of hydrogen-bond donors (Lipinski definition) is 1. The highest BCUT2D eigenvalue weighted by atomic mass is 35.5. The molecule has 2 aromatic rings. The molecule has 0 aliphatic carbocycles. The van der Waals surface area contributed by atoms with Crippen LogP contribution in [0.1, 0.15) is 0 Å². The van der Waals surface area contributed by atoms with E-state index in [1.54, 1.807) is 36.4 Å². The average molecular weight is 318 g/mol. The second kappa shape index (κ2) is 5.92. The summed E-state index contributed by atoms with van der Waals surface area (Å²) in [5.74, 6) is 0. The zero-order chi connectivity index (χ0) is 13.9. The van der Waals surface area contributed by atoms with E-state index in [9.17, 15) is 8.42 Å². The summed E-state index contributed by atoms with van der Waals surface area (Å²) in [7, 11) is -3.69. The fraction of sp³-hybridized carbons (Fsp3) is 0.167. The van der Waals surface area contributed by atoms with Crippen LogP contribution in [0.2, 0.25) is 4.34 Å². The van der Waals surface area contributed by atoms with Crippen LogP contribution in [0.3, 0.4) is 0 Å². The Hall–Kier alpha value is -1.08. The second-order valence-corrected chi connectivity index (χ2v) is 7.50. The van der Waals surface area contributed by atoms with Gasteiger partial charge in [-0.15, -0.1) is 11.3 Å². The van der Waals surface area contributed by atoms with E-state index < -0.39 is 10.0 Å². The summed E-state index contributed by atoms with van der Waals surface area (Å²) in [6.07, 6.45) is 0. The minimum atomic E-state index is -3.69. The van der Waals surface area contributed by atoms with Gasteiger partial charge in [0.05, 0.1) is 23.2 Å². The van der Waals surface area contributed by atoms with Gasteiger partial charge in [-0.3, -0.25) is 4.31 Å². The molecule has 0 spiro atoms. The predicted octanol–water partition coefficient (Wildman–Crippen LogP) is 2.59. The molecule has 0 bridgehead atoms. The molecule has 4 nitrogen and oxygen atoms in total. The van der Waals surface area contributed by atoms with Crippen molar-refractivity contribution in [2.75, 3.05) is 17.5 Å². The minimum Gasteiger partial charge on any atom is -0.394 e. The maximum atomic E-state index is 12.5. The lowest BCUT2D eigenvalue weighted by atomic mass is 10.3. The molecule has 102 valence electrons. The highest BCUT2D eigenvalue weighted by Crippen LogP contribution is 2.30. The summed E-state index contributed by atoms with van der Waals surface area (Å²) in [5, 5.41) is 9.08. The van der Waals surface area contributed by atoms with Gasteiger partial charge in [0.2, 0.25) is 0 Å². The van der Waals surface area contributed by atoms with Crippen LogP contribution in [-0.4, -0.2) is 26.7 Å². The molecule has 19 heavy (non-hydrogen) atoms. The van der Waals surface area contributed by atoms with E-state index in [0.29, 0.717) is 10.0 Å². The van der Waals surface area contributed by atoms with Crippen molar-refractivity contribution in [2.24, 2.45) is 0 Å². The van der Waals surface area contributed by atoms with E-state index in [-0.39, 0.29) is 17.4 Å². The molecular weight excluding hydrogens is 306 g/mol. The van der Waals surface area contributed by atoms with E-state index in [1.807, 2.05) is 0 Å². The smallest absolute Gasteiger partial charge is 0.273 e. The molecule has 1 heterocycles. The Kier molecular flexibility index (Phi) is 4.46. The molecule has 0 radical (unpaired) electrons. The molecule has 1 aromatic heterocycles. The number of nitrogens with zero attached hydrogens (tertiary/aromatic N) is 1. The molecule has 1 aromatic carbocycles. The van der Waals surface area contributed by atoms with Gasteiger partial charge in [-0.1, -0.05) is 29.8 Å². The number of aliphatic hydroxyl groups excluding tert-OH is 1. The fourth-order valence-electron chi connectivity index (χ4n) is 1.62. The molecule has 0 aliphatic rings. The lowest BCUT2D eigenvalue weighted by molar-refractivity contribution is 0.306. The molecule has 0 fully saturated rings. The average Bonchev–Trinajstić information content (AvgIpc) is 2.84. The van der Waals surface area contributed by atoms with Crippen LogP contribution >= 0.6 is 22.9 Å². The van der Waals surface area contributed by atoms with E-state index in [2.05, 4.69) is 0 Å². The summed E-state index contributed by atoms with van der Waals surface area (Å²) in [6, 6.07) is 11.7. The number of thiophene rings is 1. The van der Waals surface area contributed by atoms with Crippen molar-refractivity contribution >= 4 is 38.6 Å². The van der Waals surface area contributed by atoms with Gasteiger partial charge in [-0.25, -0.2) is 8.42 Å². The monoisotopic (exact) mass is 317 g/mol. The maximum absolute atomic E-state index is 12.5. The van der Waals surface area contributed by atoms with E-state index in [4.69, 9.17) is 16.7 Å². The fourth-order valence-corrected chi connectivity index (χ4v) is 4.67. The molecule has 1 N–H and O–H groups in total. The maximum Gasteiger partial charge on any atom is 0.273 e. The van der Waals surface area contributed by atoms with Gasteiger partial charge in [0.1, 0.15) is 4.21 Å². The zero-order valence-electron chi connectivity index (χ0n) is 9.86. The third-order valence-electron chi connectivity index (χ3n) is 2.44. The number of aliphatic hydroxyl groups is 1. The van der Waals surface area contributed by atoms with Gasteiger partial charge >= 0.3 is 0 Å². The summed E-state index contributed by atoms with van der Waals surface area (Å²) < 4.78 is 26.8. The lowest BCUT2D eigenvalue weighted by Gasteiger charge is -2.22. The number of anilines is 1. The van der Waals surface area contributed by atoms with Gasteiger partial charge in [0.25, 0.3) is 10.0 Å². The number of hydrogen-bond acceptors (Lipinski definition) is 4. The van der Waals surface area contributed by atoms with Gasteiger partial charge in [0, 0.05) is 0 Å². The number of para-hydroxylation sites is 1. The molecule has 0 unspecified atom stereocenters. The van der Waals surface area contributed by atoms with Crippen molar-refractivity contribution in [3.63, 3.8) is 0 Å². The molecular formula is C12H12ClNO3S2. The third kappa shape index (κ3) is 3.09. The Bertz CT molecular complexity index is 640. The highest BCUT2D eigenvalue weighted by molar-refractivity contribution is 7.94. The molecule has 0 aliphatic heterocycles. The minimum absolute atomic E-state index is 0.00185. The van der Waals surface area contributed by atoms with Gasteiger partial charge in [-0.2, -0.15) is 0 Å². The zero-order valence-corrected chi connectivity index (χ0v) is 12.2. The Morgan fingerprint density at radius 1 is 1.16 bits per heavy atom. The Morgan fingerprint density at radius 2 is 1.84 bits per heavy atom. The van der Waals surface area contributed by atoms with Gasteiger partial charge in [0.15, 0.2) is 0 Å². The summed E-state index contributed by atoms with van der Waals surface area (Å²) in [5.41, 5.74) is 0.515. The summed E-state index contributed by atoms with van der Waals surface area (Å²) in [6.45, 7) is -0.255. The molecule has 0 amide bonds. The summed E-state index contributed by atoms with van der Waals surface area (Å²) in [4.78, 5) is 0. The van der Waals surface area contributed by atoms with Crippen LogP contribution in [0.25, 0.3) is 0 Å². The third-order valence-corrected chi connectivity index (χ3v) is 5.97. The molecule has 0 atom stereocenters. The van der Waals surface area contributed by atoms with Gasteiger partial charge < -0.3 is 5.11 Å². The number of benzene rings is 1. The quantitative estimate of drug-likeness (QED) is 0.922. The molecule has 0 saturated carbocycles. The van der Waals surface area contributed by atoms with Crippen molar-refractivity contribution in [3.8, 4) is 0 Å². The van der Waals surface area contributed by atoms with Crippen LogP contribution in [0.5, 0.6) is 0 Å². The SMILES string of the molecule is O=S(=O)(c1ccc(Cl)s1)N(CCO)c1ccccc1. The van der Waals surface area contributed by atoms with E-state index >= 15 is 0 Å². The number of rotatable bonds is 5. The van der Waals surface area contributed by atoms with Crippen molar-refractivity contribution < 1.29 is 13.5 Å². The standard InChI is InChI=1S/C12H12ClNO3S2/c13-11-6-7-12(18-11)19(16,17)14(8-9-15)10-4-2-1-3-5-10/h1-7,15H,8-9H2. The first-order valence-corrected chi connectivity index (χ1v) is 8.13. The van der Waals surface area contributed by atoms with Crippen molar-refractivity contribution in [3.05, 3.63) is 46.8 Å². The van der Waals surface area contributed by atoms with Crippen LogP contribution in [0.4, 0.5) is 5.69 Å². The largest absolute Gasteiger partial charge is 0.394 e. The second-order valence-electron chi connectivity index (χ2n) is 3.69. The summed E-state index contributed by atoms with van der Waals surface area (Å²) >= 11 is 6.78. The first-order chi connectivity index (χ1) is 9.05. The topological polar surface area (TPSA) is 57.6 Å². The predicted molar refractivity (Wildman–Crippen MR) is 77.4 cm³/mol. The number of sulfonamides is 1. The molecule has 2 rings (SSSR count). The normalized spacial score (nSPS) is 11.5. The lowest BCUT2D eigenvalue weighted by Crippen LogP contribution is -2.33. The Morgan fingerprint density at radius 3 is 2.37 bits per heavy atom. The van der Waals surface area contributed by atoms with Crippen molar-refractivity contribution in [1.82, 2.24) is 0 Å². The van der Waals surface area contributed by atoms with Crippen LogP contribution in [0.15, 0.2) is 46.7 Å². The van der Waals surface area contributed by atoms with Crippen LogP contribution in [-0.2, 0) is 10.0 Å². The first-order valence-electron chi connectivity index (χ1n) is 5.49. The van der Waals surface area contributed by atoms with Crippen LogP contribution in [0, 0.1) is 0 Å². The van der Waals surface area contributed by atoms with E-state index in [1.165, 1.54) is 10.4 Å². The highest BCUT2D eigenvalue weighted by Gasteiger charge is 2.25. The van der Waals surface area contributed by atoms with E-state index in [0.717, 1.165) is 11.3 Å². The molecule has 0 saturated heterocycles.